The molecule has 1 N–H and O–H groups in total. The van der Waals surface area contributed by atoms with Crippen molar-refractivity contribution in [3.8, 4) is 17.2 Å². The Morgan fingerprint density at radius 1 is 1.14 bits per heavy atom. The van der Waals surface area contributed by atoms with Gasteiger partial charge in [-0.1, -0.05) is 11.8 Å². The van der Waals surface area contributed by atoms with Crippen molar-refractivity contribution in [3.05, 3.63) is 24.3 Å². The van der Waals surface area contributed by atoms with Crippen molar-refractivity contribution in [3.63, 3.8) is 0 Å². The molecule has 0 spiro atoms. The number of hydrogen-bond acceptors (Lipinski definition) is 6. The Hall–Kier alpha value is -2.02. The molecule has 1 heterocycles. The molecule has 6 nitrogen and oxygen atoms in total. The van der Waals surface area contributed by atoms with Crippen LogP contribution in [0, 0.1) is 17.8 Å². The van der Waals surface area contributed by atoms with Crippen molar-refractivity contribution in [2.75, 3.05) is 7.11 Å². The summed E-state index contributed by atoms with van der Waals surface area (Å²) in [6, 6.07) is 7.47. The summed E-state index contributed by atoms with van der Waals surface area (Å²) in [4.78, 5) is 12.9. The molecule has 4 aliphatic rings. The van der Waals surface area contributed by atoms with E-state index in [1.165, 1.54) is 31.0 Å². The summed E-state index contributed by atoms with van der Waals surface area (Å²) in [5.74, 6) is 3.75. The summed E-state index contributed by atoms with van der Waals surface area (Å²) < 4.78 is 11.0. The van der Waals surface area contributed by atoms with Crippen molar-refractivity contribution in [1.29, 1.82) is 0 Å². The molecule has 2 aromatic rings. The molecule has 7 heteroatoms. The lowest BCUT2D eigenvalue weighted by molar-refractivity contribution is -0.126. The highest BCUT2D eigenvalue weighted by Gasteiger charge is 2.51. The summed E-state index contributed by atoms with van der Waals surface area (Å²) in [6.45, 7) is 1.91. The van der Waals surface area contributed by atoms with Gasteiger partial charge in [0.1, 0.15) is 5.75 Å². The molecule has 1 amide bonds. The van der Waals surface area contributed by atoms with E-state index in [1.807, 2.05) is 31.2 Å². The quantitative estimate of drug-likeness (QED) is 0.711. The monoisotopic (exact) mass is 413 g/mol. The Morgan fingerprint density at radius 3 is 2.34 bits per heavy atom. The highest BCUT2D eigenvalue weighted by atomic mass is 32.2. The van der Waals surface area contributed by atoms with Gasteiger partial charge in [-0.05, 0) is 87.5 Å². The number of hydrogen-bond donors (Lipinski definition) is 1. The summed E-state index contributed by atoms with van der Waals surface area (Å²) >= 11 is 1.33. The van der Waals surface area contributed by atoms with Crippen LogP contribution in [0.3, 0.4) is 0 Å². The van der Waals surface area contributed by atoms with Crippen LogP contribution in [0.15, 0.2) is 33.9 Å². The van der Waals surface area contributed by atoms with Crippen molar-refractivity contribution < 1.29 is 13.9 Å². The number of aromatic nitrogens is 2. The highest BCUT2D eigenvalue weighted by Crippen LogP contribution is 2.55. The molecule has 1 aromatic carbocycles. The van der Waals surface area contributed by atoms with Gasteiger partial charge in [0.2, 0.25) is 11.8 Å². The molecule has 6 rings (SSSR count). The highest BCUT2D eigenvalue weighted by molar-refractivity contribution is 8.00. The van der Waals surface area contributed by atoms with Crippen LogP contribution in [-0.4, -0.2) is 34.0 Å². The van der Waals surface area contributed by atoms with Gasteiger partial charge in [-0.3, -0.25) is 4.79 Å². The molecule has 1 atom stereocenters. The molecule has 0 radical (unpaired) electrons. The maximum Gasteiger partial charge on any atom is 0.277 e. The average Bonchev–Trinajstić information content (AvgIpc) is 3.15. The summed E-state index contributed by atoms with van der Waals surface area (Å²) in [5.41, 5.74) is 0.861. The SMILES string of the molecule is COc1ccc(-c2nnc(S[C@H](C)C(=O)NC34CC5CC(CC(C5)C3)C4)o2)cc1. The molecule has 4 fully saturated rings. The van der Waals surface area contributed by atoms with Gasteiger partial charge < -0.3 is 14.5 Å². The van der Waals surface area contributed by atoms with E-state index >= 15 is 0 Å². The first-order valence-electron chi connectivity index (χ1n) is 10.5. The van der Waals surface area contributed by atoms with Gasteiger partial charge in [0.15, 0.2) is 0 Å². The predicted octanol–water partition coefficient (Wildman–Crippen LogP) is 4.31. The number of carbonyl (C=O) groups excluding carboxylic acids is 1. The molecule has 0 aliphatic heterocycles. The first-order valence-corrected chi connectivity index (χ1v) is 11.4. The minimum absolute atomic E-state index is 0.0315. The molecule has 4 saturated carbocycles. The Kier molecular flexibility index (Phi) is 4.81. The second-order valence-electron chi connectivity index (χ2n) is 9.05. The van der Waals surface area contributed by atoms with Crippen molar-refractivity contribution in [1.82, 2.24) is 15.5 Å². The van der Waals surface area contributed by atoms with Crippen molar-refractivity contribution in [2.45, 2.75) is 61.5 Å². The number of nitrogens with one attached hydrogen (secondary N) is 1. The lowest BCUT2D eigenvalue weighted by Crippen LogP contribution is -2.60. The first kappa shape index (κ1) is 19.0. The zero-order valence-corrected chi connectivity index (χ0v) is 17.7. The number of nitrogens with zero attached hydrogens (tertiary/aromatic N) is 2. The van der Waals surface area contributed by atoms with Crippen molar-refractivity contribution >= 4 is 17.7 Å². The number of ether oxygens (including phenoxy) is 1. The van der Waals surface area contributed by atoms with E-state index in [1.54, 1.807) is 7.11 Å². The van der Waals surface area contributed by atoms with Crippen LogP contribution in [0.25, 0.3) is 11.5 Å². The zero-order chi connectivity index (χ0) is 20.0. The van der Waals surface area contributed by atoms with E-state index in [2.05, 4.69) is 15.5 Å². The van der Waals surface area contributed by atoms with Crippen LogP contribution < -0.4 is 10.1 Å². The number of rotatable bonds is 6. The van der Waals surface area contributed by atoms with Gasteiger partial charge in [0.25, 0.3) is 5.22 Å². The fraction of sp³-hybridized carbons (Fsp3) is 0.591. The van der Waals surface area contributed by atoms with E-state index < -0.39 is 0 Å². The predicted molar refractivity (Wildman–Crippen MR) is 111 cm³/mol. The molecule has 4 aliphatic carbocycles. The van der Waals surface area contributed by atoms with Crippen LogP contribution in [-0.2, 0) is 4.79 Å². The molecule has 0 saturated heterocycles. The minimum atomic E-state index is -0.271. The fourth-order valence-electron chi connectivity index (χ4n) is 5.94. The smallest absolute Gasteiger partial charge is 0.277 e. The first-order chi connectivity index (χ1) is 14.0. The molecule has 29 heavy (non-hydrogen) atoms. The lowest BCUT2D eigenvalue weighted by Gasteiger charge is -2.57. The summed E-state index contributed by atoms with van der Waals surface area (Å²) in [6.07, 6.45) is 7.58. The Bertz CT molecular complexity index is 860. The minimum Gasteiger partial charge on any atom is -0.497 e. The molecular formula is C22H27N3O3S. The van der Waals surface area contributed by atoms with E-state index in [-0.39, 0.29) is 16.7 Å². The lowest BCUT2D eigenvalue weighted by atomic mass is 9.53. The van der Waals surface area contributed by atoms with Gasteiger partial charge >= 0.3 is 0 Å². The van der Waals surface area contributed by atoms with Crippen LogP contribution in [0.5, 0.6) is 5.75 Å². The summed E-state index contributed by atoms with van der Waals surface area (Å²) in [5, 5.41) is 11.8. The van der Waals surface area contributed by atoms with E-state index in [9.17, 15) is 4.79 Å². The normalized spacial score (nSPS) is 30.9. The molecule has 154 valence electrons. The molecular weight excluding hydrogens is 386 g/mol. The van der Waals surface area contributed by atoms with Gasteiger partial charge in [-0.25, -0.2) is 0 Å². The second-order valence-corrected chi connectivity index (χ2v) is 10.3. The Morgan fingerprint density at radius 2 is 1.76 bits per heavy atom. The number of thioether (sulfide) groups is 1. The standard InChI is InChI=1S/C22H27N3O3S/c1-13(19(26)23-22-10-14-7-15(11-22)9-16(8-14)12-22)29-21-25-24-20(28-21)17-3-5-18(27-2)6-4-17/h3-6,13-16H,7-12H2,1-2H3,(H,23,26)/t13-,14?,15?,16?,22?/m1/s1. The number of carbonyl (C=O) groups is 1. The molecule has 4 bridgehead atoms. The van der Waals surface area contributed by atoms with Crippen LogP contribution >= 0.6 is 11.8 Å². The van der Waals surface area contributed by atoms with Crippen LogP contribution in [0.1, 0.15) is 45.4 Å². The maximum absolute atomic E-state index is 12.9. The fourth-order valence-corrected chi connectivity index (χ4v) is 6.62. The Balaban J connectivity index is 1.22. The van der Waals surface area contributed by atoms with Crippen LogP contribution in [0.2, 0.25) is 0 Å². The van der Waals surface area contributed by atoms with E-state index in [0.29, 0.717) is 11.1 Å². The van der Waals surface area contributed by atoms with Gasteiger partial charge in [0, 0.05) is 11.1 Å². The Labute approximate surface area is 175 Å². The number of benzene rings is 1. The number of methoxy groups -OCH3 is 1. The third kappa shape index (κ3) is 3.77. The van der Waals surface area contributed by atoms with E-state index in [4.69, 9.17) is 9.15 Å². The topological polar surface area (TPSA) is 77.2 Å². The van der Waals surface area contributed by atoms with E-state index in [0.717, 1.165) is 48.3 Å². The second kappa shape index (κ2) is 7.35. The third-order valence-corrected chi connectivity index (χ3v) is 7.75. The largest absolute Gasteiger partial charge is 0.497 e. The maximum atomic E-state index is 12.9. The summed E-state index contributed by atoms with van der Waals surface area (Å²) in [7, 11) is 1.63. The van der Waals surface area contributed by atoms with Gasteiger partial charge in [-0.2, -0.15) is 0 Å². The molecule has 1 aromatic heterocycles. The van der Waals surface area contributed by atoms with Gasteiger partial charge in [-0.15, -0.1) is 10.2 Å². The van der Waals surface area contributed by atoms with Crippen LogP contribution in [0.4, 0.5) is 0 Å². The molecule has 0 unspecified atom stereocenters. The third-order valence-electron chi connectivity index (χ3n) is 6.82. The average molecular weight is 414 g/mol. The number of amides is 1. The zero-order valence-electron chi connectivity index (χ0n) is 16.9. The van der Waals surface area contributed by atoms with Gasteiger partial charge in [0.05, 0.1) is 12.4 Å². The van der Waals surface area contributed by atoms with Crippen molar-refractivity contribution in [2.24, 2.45) is 17.8 Å².